The second kappa shape index (κ2) is 5.85. The van der Waals surface area contributed by atoms with Gasteiger partial charge in [0.2, 0.25) is 0 Å². The molecule has 2 aromatic carbocycles. The summed E-state index contributed by atoms with van der Waals surface area (Å²) in [4.78, 5) is 26.8. The predicted molar refractivity (Wildman–Crippen MR) is 101 cm³/mol. The number of H-pyrrole nitrogens is 1. The van der Waals surface area contributed by atoms with Gasteiger partial charge in [-0.1, -0.05) is 12.1 Å². The molecule has 0 fully saturated rings. The summed E-state index contributed by atoms with van der Waals surface area (Å²) >= 11 is 0. The minimum atomic E-state index is -0.492. The van der Waals surface area contributed by atoms with E-state index in [9.17, 15) is 14.9 Å². The molecule has 0 saturated heterocycles. The number of hydrogen-bond donors (Lipinski definition) is 2. The Kier molecular flexibility index (Phi) is 3.42. The Hall–Kier alpha value is -3.81. The maximum absolute atomic E-state index is 12.5. The topological polar surface area (TPSA) is 106 Å². The summed E-state index contributed by atoms with van der Waals surface area (Å²) in [5.41, 5.74) is 4.23. The van der Waals surface area contributed by atoms with Crippen molar-refractivity contribution >= 4 is 28.2 Å². The van der Waals surface area contributed by atoms with Crippen LogP contribution < -0.4 is 10.1 Å². The molecule has 0 bridgehead atoms. The van der Waals surface area contributed by atoms with Gasteiger partial charge < -0.3 is 19.8 Å². The standard InChI is InChI=1S/C20H15N3O5/c1-27-15-5-3-11(8-14(15)23(25)26)16-17-12(4-2-10-6-7-21-19(10)17)22-13-9-28-20(24)18(13)16/h2-8,16,21-22H,9H2,1H3. The molecule has 0 radical (unpaired) electrons. The van der Waals surface area contributed by atoms with Gasteiger partial charge in [0.1, 0.15) is 6.61 Å². The molecule has 1 unspecified atom stereocenters. The molecule has 8 nitrogen and oxygen atoms in total. The number of carbonyl (C=O) groups excluding carboxylic acids is 1. The van der Waals surface area contributed by atoms with Crippen LogP contribution in [0.3, 0.4) is 0 Å². The lowest BCUT2D eigenvalue weighted by Gasteiger charge is -2.27. The molecule has 2 N–H and O–H groups in total. The third-order valence-electron chi connectivity index (χ3n) is 5.26. The Balaban J connectivity index is 1.80. The van der Waals surface area contributed by atoms with Crippen LogP contribution in [-0.2, 0) is 9.53 Å². The van der Waals surface area contributed by atoms with Crippen molar-refractivity contribution in [1.82, 2.24) is 4.98 Å². The lowest BCUT2D eigenvalue weighted by molar-refractivity contribution is -0.385. The number of nitro groups is 1. The number of ether oxygens (including phenoxy) is 2. The fourth-order valence-corrected chi connectivity index (χ4v) is 4.04. The van der Waals surface area contributed by atoms with E-state index < -0.39 is 16.8 Å². The zero-order chi connectivity index (χ0) is 19.4. The molecule has 0 saturated carbocycles. The average Bonchev–Trinajstić information content (AvgIpc) is 3.32. The second-order valence-corrected chi connectivity index (χ2v) is 6.68. The molecular formula is C20H15N3O5. The number of nitrogens with zero attached hydrogens (tertiary/aromatic N) is 1. The normalized spacial score (nSPS) is 17.8. The van der Waals surface area contributed by atoms with Gasteiger partial charge >= 0.3 is 11.7 Å². The number of carbonyl (C=O) groups is 1. The summed E-state index contributed by atoms with van der Waals surface area (Å²) in [5, 5.41) is 15.8. The number of esters is 1. The molecule has 0 spiro atoms. The van der Waals surface area contributed by atoms with Gasteiger partial charge in [0, 0.05) is 29.4 Å². The van der Waals surface area contributed by atoms with Crippen molar-refractivity contribution < 1.29 is 19.2 Å². The quantitative estimate of drug-likeness (QED) is 0.411. The van der Waals surface area contributed by atoms with Crippen LogP contribution in [0.2, 0.25) is 0 Å². The number of hydrogen-bond acceptors (Lipinski definition) is 6. The van der Waals surface area contributed by atoms with Gasteiger partial charge in [0.05, 0.1) is 28.8 Å². The Morgan fingerprint density at radius 3 is 2.89 bits per heavy atom. The first kappa shape index (κ1) is 16.4. The summed E-state index contributed by atoms with van der Waals surface area (Å²) in [6, 6.07) is 10.7. The highest BCUT2D eigenvalue weighted by Crippen LogP contribution is 2.48. The van der Waals surface area contributed by atoms with E-state index in [1.807, 2.05) is 24.4 Å². The lowest BCUT2D eigenvalue weighted by Crippen LogP contribution is -2.20. The number of benzene rings is 2. The molecule has 5 rings (SSSR count). The van der Waals surface area contributed by atoms with E-state index in [2.05, 4.69) is 10.3 Å². The van der Waals surface area contributed by atoms with E-state index in [1.165, 1.54) is 13.2 Å². The highest BCUT2D eigenvalue weighted by molar-refractivity contribution is 6.00. The van der Waals surface area contributed by atoms with E-state index in [0.717, 1.165) is 22.2 Å². The molecule has 2 aliphatic rings. The van der Waals surface area contributed by atoms with Gasteiger partial charge in [-0.05, 0) is 29.1 Å². The Morgan fingerprint density at radius 2 is 2.11 bits per heavy atom. The summed E-state index contributed by atoms with van der Waals surface area (Å²) in [6.45, 7) is 0.158. The molecule has 140 valence electrons. The van der Waals surface area contributed by atoms with Gasteiger partial charge in [-0.2, -0.15) is 0 Å². The maximum Gasteiger partial charge on any atom is 0.337 e. The van der Waals surface area contributed by atoms with Crippen molar-refractivity contribution in [1.29, 1.82) is 0 Å². The van der Waals surface area contributed by atoms with Gasteiger partial charge in [-0.15, -0.1) is 0 Å². The molecule has 3 heterocycles. The zero-order valence-corrected chi connectivity index (χ0v) is 14.8. The summed E-state index contributed by atoms with van der Waals surface area (Å²) in [6.07, 6.45) is 1.83. The third kappa shape index (κ3) is 2.21. The number of aromatic nitrogens is 1. The summed E-state index contributed by atoms with van der Waals surface area (Å²) < 4.78 is 10.4. The highest BCUT2D eigenvalue weighted by atomic mass is 16.6. The van der Waals surface area contributed by atoms with Crippen molar-refractivity contribution in [2.24, 2.45) is 0 Å². The Labute approximate surface area is 158 Å². The Bertz CT molecular complexity index is 1190. The molecule has 0 aliphatic carbocycles. The van der Waals surface area contributed by atoms with E-state index in [4.69, 9.17) is 9.47 Å². The second-order valence-electron chi connectivity index (χ2n) is 6.68. The SMILES string of the molecule is COc1ccc(C2C3=C(COC3=O)Nc3ccc4cc[nH]c4c32)cc1[N+](=O)[O-]. The lowest BCUT2D eigenvalue weighted by atomic mass is 9.80. The van der Waals surface area contributed by atoms with Gasteiger partial charge in [0.25, 0.3) is 0 Å². The summed E-state index contributed by atoms with van der Waals surface area (Å²) in [5.74, 6) is -0.738. The van der Waals surface area contributed by atoms with E-state index in [1.54, 1.807) is 12.1 Å². The van der Waals surface area contributed by atoms with E-state index in [-0.39, 0.29) is 18.0 Å². The zero-order valence-electron chi connectivity index (χ0n) is 14.8. The molecule has 8 heteroatoms. The molecule has 3 aromatic rings. The fourth-order valence-electron chi connectivity index (χ4n) is 4.04. The largest absolute Gasteiger partial charge is 0.490 e. The number of nitrogens with one attached hydrogen (secondary N) is 2. The fraction of sp³-hybridized carbons (Fsp3) is 0.150. The molecular weight excluding hydrogens is 362 g/mol. The number of methoxy groups -OCH3 is 1. The van der Waals surface area contributed by atoms with Crippen molar-refractivity contribution in [3.05, 3.63) is 75.1 Å². The first-order valence-corrected chi connectivity index (χ1v) is 8.68. The van der Waals surface area contributed by atoms with Crippen molar-refractivity contribution in [2.45, 2.75) is 5.92 Å². The van der Waals surface area contributed by atoms with Crippen LogP contribution in [0.25, 0.3) is 10.9 Å². The molecule has 0 amide bonds. The smallest absolute Gasteiger partial charge is 0.337 e. The first-order valence-electron chi connectivity index (χ1n) is 8.68. The molecule has 1 atom stereocenters. The van der Waals surface area contributed by atoms with Crippen LogP contribution in [0, 0.1) is 10.1 Å². The number of rotatable bonds is 3. The predicted octanol–water partition coefficient (Wildman–Crippen LogP) is 3.45. The average molecular weight is 377 g/mol. The van der Waals surface area contributed by atoms with Crippen molar-refractivity contribution in [3.63, 3.8) is 0 Å². The number of fused-ring (bicyclic) bond motifs is 3. The Morgan fingerprint density at radius 1 is 1.25 bits per heavy atom. The molecule has 1 aromatic heterocycles. The minimum Gasteiger partial charge on any atom is -0.490 e. The monoisotopic (exact) mass is 377 g/mol. The van der Waals surface area contributed by atoms with Gasteiger partial charge in [-0.3, -0.25) is 10.1 Å². The van der Waals surface area contributed by atoms with Crippen LogP contribution in [0.5, 0.6) is 5.75 Å². The van der Waals surface area contributed by atoms with Crippen LogP contribution in [0.15, 0.2) is 53.9 Å². The van der Waals surface area contributed by atoms with Crippen molar-refractivity contribution in [2.75, 3.05) is 19.0 Å². The van der Waals surface area contributed by atoms with Crippen molar-refractivity contribution in [3.8, 4) is 5.75 Å². The highest BCUT2D eigenvalue weighted by Gasteiger charge is 2.40. The van der Waals surface area contributed by atoms with Crippen LogP contribution in [0.4, 0.5) is 11.4 Å². The van der Waals surface area contributed by atoms with Crippen LogP contribution in [-0.4, -0.2) is 29.6 Å². The first-order chi connectivity index (χ1) is 13.6. The van der Waals surface area contributed by atoms with Crippen LogP contribution >= 0.6 is 0 Å². The number of cyclic esters (lactones) is 1. The number of anilines is 1. The van der Waals surface area contributed by atoms with Gasteiger partial charge in [0.15, 0.2) is 5.75 Å². The van der Waals surface area contributed by atoms with E-state index in [0.29, 0.717) is 16.8 Å². The molecule has 2 aliphatic heterocycles. The number of aromatic amines is 1. The molecule has 28 heavy (non-hydrogen) atoms. The maximum atomic E-state index is 12.5. The minimum absolute atomic E-state index is 0.146. The van der Waals surface area contributed by atoms with E-state index >= 15 is 0 Å². The van der Waals surface area contributed by atoms with Gasteiger partial charge in [-0.25, -0.2) is 4.79 Å². The van der Waals surface area contributed by atoms with Crippen LogP contribution in [0.1, 0.15) is 17.0 Å². The number of nitro benzene ring substituents is 1. The third-order valence-corrected chi connectivity index (χ3v) is 5.26. The summed E-state index contributed by atoms with van der Waals surface area (Å²) in [7, 11) is 1.39.